The summed E-state index contributed by atoms with van der Waals surface area (Å²) in [6.45, 7) is 4.21. The summed E-state index contributed by atoms with van der Waals surface area (Å²) in [5.74, 6) is 0.335. The van der Waals surface area contributed by atoms with Gasteiger partial charge in [-0.05, 0) is 38.3 Å². The number of allylic oxidation sites excluding steroid dienone is 3. The number of nitrogens with zero attached hydrogens (tertiary/aromatic N) is 1. The van der Waals surface area contributed by atoms with Gasteiger partial charge in [-0.2, -0.15) is 0 Å². The third-order valence-corrected chi connectivity index (χ3v) is 2.79. The lowest BCUT2D eigenvalue weighted by atomic mass is 9.86. The summed E-state index contributed by atoms with van der Waals surface area (Å²) in [7, 11) is 1.51. The van der Waals surface area contributed by atoms with Gasteiger partial charge in [0.15, 0.2) is 5.76 Å². The number of ether oxygens (including phenoxy) is 1. The summed E-state index contributed by atoms with van der Waals surface area (Å²) in [4.78, 5) is 16.1. The van der Waals surface area contributed by atoms with Gasteiger partial charge in [0.1, 0.15) is 0 Å². The predicted molar refractivity (Wildman–Crippen MR) is 58.9 cm³/mol. The van der Waals surface area contributed by atoms with Crippen molar-refractivity contribution in [2.45, 2.75) is 32.2 Å². The first-order chi connectivity index (χ1) is 7.02. The summed E-state index contributed by atoms with van der Waals surface area (Å²) in [5.41, 5.74) is 1.92. The molecule has 0 aromatic heterocycles. The first kappa shape index (κ1) is 10.1. The fraction of sp³-hybridized carbons (Fsp3) is 0.500. The van der Waals surface area contributed by atoms with E-state index in [1.807, 2.05) is 0 Å². The maximum absolute atomic E-state index is 11.5. The monoisotopic (exact) mass is 205 g/mol. The van der Waals surface area contributed by atoms with Crippen LogP contribution in [0.2, 0.25) is 0 Å². The second-order valence-corrected chi connectivity index (χ2v) is 4.56. The molecule has 0 atom stereocenters. The van der Waals surface area contributed by atoms with Crippen LogP contribution in [0.15, 0.2) is 28.5 Å². The van der Waals surface area contributed by atoms with E-state index in [9.17, 15) is 4.79 Å². The predicted octanol–water partition coefficient (Wildman–Crippen LogP) is 2.04. The normalized spacial score (nSPS) is 23.7. The molecule has 0 aromatic carbocycles. The van der Waals surface area contributed by atoms with Crippen molar-refractivity contribution < 1.29 is 9.53 Å². The number of rotatable bonds is 1. The Morgan fingerprint density at radius 2 is 2.13 bits per heavy atom. The molecule has 0 spiro atoms. The van der Waals surface area contributed by atoms with Crippen LogP contribution < -0.4 is 0 Å². The largest absolute Gasteiger partial charge is 0.493 e. The van der Waals surface area contributed by atoms with E-state index in [2.05, 4.69) is 18.8 Å². The van der Waals surface area contributed by atoms with Gasteiger partial charge in [-0.25, -0.2) is 0 Å². The second-order valence-electron chi connectivity index (χ2n) is 4.56. The first-order valence-electron chi connectivity index (χ1n) is 5.13. The van der Waals surface area contributed by atoms with Crippen molar-refractivity contribution >= 4 is 11.5 Å². The van der Waals surface area contributed by atoms with Crippen LogP contribution in [0.3, 0.4) is 0 Å². The van der Waals surface area contributed by atoms with E-state index in [4.69, 9.17) is 4.74 Å². The van der Waals surface area contributed by atoms with E-state index in [0.717, 1.165) is 24.1 Å². The highest BCUT2D eigenvalue weighted by molar-refractivity contribution is 6.21. The van der Waals surface area contributed by atoms with Crippen LogP contribution in [0, 0.1) is 0 Å². The summed E-state index contributed by atoms with van der Waals surface area (Å²) < 4.78 is 5.01. The van der Waals surface area contributed by atoms with E-state index in [1.165, 1.54) is 7.11 Å². The number of hydrogen-bond donors (Lipinski definition) is 0. The number of carbonyl (C=O) groups excluding carboxylic acids is 1. The van der Waals surface area contributed by atoms with Crippen LogP contribution in [0.1, 0.15) is 26.7 Å². The molecule has 0 aromatic rings. The zero-order valence-electron chi connectivity index (χ0n) is 9.33. The molecule has 1 aliphatic heterocycles. The van der Waals surface area contributed by atoms with Gasteiger partial charge in [-0.3, -0.25) is 9.79 Å². The highest BCUT2D eigenvalue weighted by Crippen LogP contribution is 2.30. The van der Waals surface area contributed by atoms with Crippen molar-refractivity contribution in [3.63, 3.8) is 0 Å². The van der Waals surface area contributed by atoms with Crippen molar-refractivity contribution in [2.24, 2.45) is 4.99 Å². The Morgan fingerprint density at radius 3 is 2.80 bits per heavy atom. The molecule has 3 heteroatoms. The number of ketones is 1. The lowest BCUT2D eigenvalue weighted by Crippen LogP contribution is -2.27. The number of fused-ring (bicyclic) bond motifs is 1. The van der Waals surface area contributed by atoms with Crippen LogP contribution in [-0.2, 0) is 9.53 Å². The van der Waals surface area contributed by atoms with Crippen molar-refractivity contribution in [3.8, 4) is 0 Å². The van der Waals surface area contributed by atoms with Crippen LogP contribution in [0.4, 0.5) is 0 Å². The van der Waals surface area contributed by atoms with Gasteiger partial charge in [0, 0.05) is 6.08 Å². The minimum Gasteiger partial charge on any atom is -0.493 e. The molecule has 0 saturated heterocycles. The van der Waals surface area contributed by atoms with Gasteiger partial charge in [0.05, 0.1) is 18.4 Å². The Bertz CT molecular complexity index is 400. The Balaban J connectivity index is 2.42. The van der Waals surface area contributed by atoms with Gasteiger partial charge in [0.25, 0.3) is 0 Å². The first-order valence-corrected chi connectivity index (χ1v) is 5.13. The lowest BCUT2D eigenvalue weighted by molar-refractivity contribution is -0.114. The lowest BCUT2D eigenvalue weighted by Gasteiger charge is -2.28. The highest BCUT2D eigenvalue weighted by atomic mass is 16.5. The molecule has 3 nitrogen and oxygen atoms in total. The summed E-state index contributed by atoms with van der Waals surface area (Å²) >= 11 is 0. The zero-order chi connectivity index (χ0) is 11.1. The molecule has 0 bridgehead atoms. The molecule has 1 aliphatic carbocycles. The topological polar surface area (TPSA) is 38.7 Å². The third-order valence-electron chi connectivity index (χ3n) is 2.79. The Labute approximate surface area is 89.5 Å². The van der Waals surface area contributed by atoms with Gasteiger partial charge in [0.2, 0.25) is 5.78 Å². The summed E-state index contributed by atoms with van der Waals surface area (Å²) in [6, 6.07) is 0. The van der Waals surface area contributed by atoms with Gasteiger partial charge < -0.3 is 4.74 Å². The molecule has 2 aliphatic rings. The van der Waals surface area contributed by atoms with Crippen LogP contribution >= 0.6 is 0 Å². The summed E-state index contributed by atoms with van der Waals surface area (Å²) in [5, 5.41) is 0. The average molecular weight is 205 g/mol. The molecular formula is C12H15NO2. The van der Waals surface area contributed by atoms with E-state index >= 15 is 0 Å². The number of methoxy groups -OCH3 is 1. The van der Waals surface area contributed by atoms with Crippen molar-refractivity contribution in [2.75, 3.05) is 7.11 Å². The van der Waals surface area contributed by atoms with E-state index in [0.29, 0.717) is 5.76 Å². The molecule has 80 valence electrons. The summed E-state index contributed by atoms with van der Waals surface area (Å²) in [6.07, 6.45) is 5.31. The van der Waals surface area contributed by atoms with E-state index < -0.39 is 0 Å². The second kappa shape index (κ2) is 3.33. The van der Waals surface area contributed by atoms with Crippen LogP contribution in [0.25, 0.3) is 0 Å². The number of aliphatic imine (C=N–C) groups is 1. The molecule has 15 heavy (non-hydrogen) atoms. The fourth-order valence-electron chi connectivity index (χ4n) is 1.88. The van der Waals surface area contributed by atoms with Gasteiger partial charge >= 0.3 is 0 Å². The van der Waals surface area contributed by atoms with Gasteiger partial charge in [-0.1, -0.05) is 0 Å². The van der Waals surface area contributed by atoms with Crippen molar-refractivity contribution in [1.29, 1.82) is 0 Å². The average Bonchev–Trinajstić information content (AvgIpc) is 2.17. The smallest absolute Gasteiger partial charge is 0.220 e. The van der Waals surface area contributed by atoms with E-state index in [-0.39, 0.29) is 11.3 Å². The Morgan fingerprint density at radius 1 is 1.40 bits per heavy atom. The van der Waals surface area contributed by atoms with Crippen molar-refractivity contribution in [1.82, 2.24) is 0 Å². The fourth-order valence-corrected chi connectivity index (χ4v) is 1.88. The van der Waals surface area contributed by atoms with Gasteiger partial charge in [-0.15, -0.1) is 0 Å². The molecule has 0 fully saturated rings. The Hall–Kier alpha value is -1.38. The molecule has 0 N–H and O–H groups in total. The number of carbonyl (C=O) groups is 1. The minimum absolute atomic E-state index is 0.0254. The molecule has 0 unspecified atom stereocenters. The highest BCUT2D eigenvalue weighted by Gasteiger charge is 2.28. The quantitative estimate of drug-likeness (QED) is 0.614. The maximum atomic E-state index is 11.5. The van der Waals surface area contributed by atoms with Crippen molar-refractivity contribution in [3.05, 3.63) is 23.5 Å². The third kappa shape index (κ3) is 1.87. The molecular weight excluding hydrogens is 190 g/mol. The van der Waals surface area contributed by atoms with Crippen LogP contribution in [0.5, 0.6) is 0 Å². The van der Waals surface area contributed by atoms with E-state index in [1.54, 1.807) is 12.2 Å². The molecule has 2 rings (SSSR count). The zero-order valence-corrected chi connectivity index (χ0v) is 9.33. The molecule has 0 radical (unpaired) electrons. The Kier molecular flexibility index (Phi) is 2.25. The van der Waals surface area contributed by atoms with Crippen LogP contribution in [-0.4, -0.2) is 24.1 Å². The molecule has 1 heterocycles. The SMILES string of the molecule is COC1=CC2=NC(C)(C)CCC2=CC1=O. The maximum Gasteiger partial charge on any atom is 0.220 e. The molecule has 0 amide bonds. The molecule has 0 saturated carbocycles. The standard InChI is InChI=1S/C12H15NO2/c1-12(2)5-4-8-6-10(14)11(15-3)7-9(8)13-12/h6-7H,4-5H2,1-3H3. The number of hydrogen-bond acceptors (Lipinski definition) is 3. The minimum atomic E-state index is -0.0499.